The summed E-state index contributed by atoms with van der Waals surface area (Å²) in [5, 5.41) is 1.00. The number of ether oxygens (including phenoxy) is 1. The van der Waals surface area contributed by atoms with Crippen molar-refractivity contribution in [3.63, 3.8) is 0 Å². The van der Waals surface area contributed by atoms with Crippen LogP contribution in [0.1, 0.15) is 5.56 Å². The summed E-state index contributed by atoms with van der Waals surface area (Å²) in [6.45, 7) is 0. The molecule has 2 rings (SSSR count). The van der Waals surface area contributed by atoms with Gasteiger partial charge in [-0.05, 0) is 29.3 Å². The molecule has 0 spiro atoms. The van der Waals surface area contributed by atoms with Crippen molar-refractivity contribution in [2.45, 2.75) is 0 Å². The quantitative estimate of drug-likeness (QED) is 0.459. The third-order valence-corrected chi connectivity index (χ3v) is 3.35. The van der Waals surface area contributed by atoms with E-state index in [1.54, 1.807) is 12.1 Å². The van der Waals surface area contributed by atoms with E-state index in [9.17, 15) is 4.79 Å². The summed E-state index contributed by atoms with van der Waals surface area (Å²) >= 11 is 12.3. The Morgan fingerprint density at radius 1 is 1.15 bits per heavy atom. The number of rotatable bonds is 4. The number of carbonyl (C=O) groups excluding carboxylic acids is 1. The van der Waals surface area contributed by atoms with Crippen LogP contribution in [0.3, 0.4) is 0 Å². The Hall–Kier alpha value is -1.77. The number of allylic oxidation sites excluding steroid dienone is 1. The van der Waals surface area contributed by atoms with Crippen molar-refractivity contribution in [1.29, 1.82) is 0 Å². The molecular formula is C16H12Cl2O2. The number of hydrogen-bond acceptors (Lipinski definition) is 2. The zero-order valence-corrected chi connectivity index (χ0v) is 12.3. The SMILES string of the molecule is COC(C=O)=Cc1c(Cl)cc(Cl)cc1-c1ccccc1. The maximum atomic E-state index is 10.9. The van der Waals surface area contributed by atoms with Crippen molar-refractivity contribution in [2.75, 3.05) is 7.11 Å². The van der Waals surface area contributed by atoms with Gasteiger partial charge in [-0.25, -0.2) is 0 Å². The summed E-state index contributed by atoms with van der Waals surface area (Å²) < 4.78 is 4.98. The second-order valence-corrected chi connectivity index (χ2v) is 4.93. The summed E-state index contributed by atoms with van der Waals surface area (Å²) in [7, 11) is 1.44. The van der Waals surface area contributed by atoms with E-state index >= 15 is 0 Å². The molecule has 0 heterocycles. The van der Waals surface area contributed by atoms with E-state index in [2.05, 4.69) is 0 Å². The fourth-order valence-electron chi connectivity index (χ4n) is 1.87. The van der Waals surface area contributed by atoms with E-state index < -0.39 is 0 Å². The second-order valence-electron chi connectivity index (χ2n) is 4.08. The molecule has 0 saturated heterocycles. The topological polar surface area (TPSA) is 26.3 Å². The Morgan fingerprint density at radius 3 is 2.45 bits per heavy atom. The van der Waals surface area contributed by atoms with E-state index in [0.29, 0.717) is 21.9 Å². The number of benzene rings is 2. The van der Waals surface area contributed by atoms with Crippen LogP contribution in [-0.4, -0.2) is 13.4 Å². The van der Waals surface area contributed by atoms with Gasteiger partial charge in [0.2, 0.25) is 0 Å². The highest BCUT2D eigenvalue weighted by Crippen LogP contribution is 2.34. The lowest BCUT2D eigenvalue weighted by atomic mass is 9.99. The van der Waals surface area contributed by atoms with E-state index in [1.165, 1.54) is 7.11 Å². The zero-order chi connectivity index (χ0) is 14.5. The smallest absolute Gasteiger partial charge is 0.184 e. The van der Waals surface area contributed by atoms with Gasteiger partial charge in [0.25, 0.3) is 0 Å². The monoisotopic (exact) mass is 306 g/mol. The minimum atomic E-state index is 0.200. The van der Waals surface area contributed by atoms with Crippen LogP contribution < -0.4 is 0 Å². The van der Waals surface area contributed by atoms with Crippen LogP contribution in [0.15, 0.2) is 48.2 Å². The van der Waals surface area contributed by atoms with E-state index in [-0.39, 0.29) is 5.76 Å². The average Bonchev–Trinajstić information content (AvgIpc) is 2.47. The molecule has 0 unspecified atom stereocenters. The van der Waals surface area contributed by atoms with E-state index in [1.807, 2.05) is 36.4 Å². The molecule has 2 aromatic rings. The zero-order valence-electron chi connectivity index (χ0n) is 10.8. The number of hydrogen-bond donors (Lipinski definition) is 0. The molecule has 0 aliphatic heterocycles. The van der Waals surface area contributed by atoms with Gasteiger partial charge in [-0.2, -0.15) is 0 Å². The first-order chi connectivity index (χ1) is 9.65. The summed E-state index contributed by atoms with van der Waals surface area (Å²) in [6, 6.07) is 13.1. The Kier molecular flexibility index (Phi) is 4.83. The van der Waals surface area contributed by atoms with E-state index in [0.717, 1.165) is 11.1 Å². The average molecular weight is 307 g/mol. The molecule has 0 bridgehead atoms. The Balaban J connectivity index is 2.67. The van der Waals surface area contributed by atoms with Gasteiger partial charge in [0, 0.05) is 10.6 Å². The molecule has 4 heteroatoms. The van der Waals surface area contributed by atoms with Gasteiger partial charge in [-0.15, -0.1) is 0 Å². The first-order valence-corrected chi connectivity index (χ1v) is 6.66. The summed E-state index contributed by atoms with van der Waals surface area (Å²) in [6.07, 6.45) is 2.24. The molecule has 0 saturated carbocycles. The first-order valence-electron chi connectivity index (χ1n) is 5.91. The lowest BCUT2D eigenvalue weighted by Crippen LogP contribution is -1.91. The van der Waals surface area contributed by atoms with Crippen molar-refractivity contribution < 1.29 is 9.53 Å². The van der Waals surface area contributed by atoms with Crippen LogP contribution in [-0.2, 0) is 9.53 Å². The summed E-state index contributed by atoms with van der Waals surface area (Å²) in [4.78, 5) is 10.9. The Bertz CT molecular complexity index is 649. The molecule has 0 amide bonds. The fraction of sp³-hybridized carbons (Fsp3) is 0.0625. The summed E-state index contributed by atoms with van der Waals surface area (Å²) in [5.41, 5.74) is 2.51. The molecule has 0 aliphatic rings. The number of aldehydes is 1. The highest BCUT2D eigenvalue weighted by atomic mass is 35.5. The van der Waals surface area contributed by atoms with Crippen molar-refractivity contribution in [3.05, 3.63) is 63.8 Å². The molecule has 2 nitrogen and oxygen atoms in total. The van der Waals surface area contributed by atoms with Gasteiger partial charge in [0.15, 0.2) is 12.0 Å². The molecule has 0 fully saturated rings. The fourth-order valence-corrected chi connectivity index (χ4v) is 2.42. The van der Waals surface area contributed by atoms with Crippen LogP contribution in [0.4, 0.5) is 0 Å². The van der Waals surface area contributed by atoms with E-state index in [4.69, 9.17) is 27.9 Å². The van der Waals surface area contributed by atoms with Gasteiger partial charge in [-0.1, -0.05) is 53.5 Å². The standard InChI is InChI=1S/C16H12Cl2O2/c1-20-13(10-19)9-15-14(7-12(17)8-16(15)18)11-5-3-2-4-6-11/h2-10H,1H3. The second kappa shape index (κ2) is 6.60. The predicted octanol–water partition coefficient (Wildman–Crippen LogP) is 4.85. The maximum absolute atomic E-state index is 10.9. The Labute approximate surface area is 127 Å². The van der Waals surface area contributed by atoms with Crippen LogP contribution in [0.2, 0.25) is 10.0 Å². The lowest BCUT2D eigenvalue weighted by molar-refractivity contribution is -0.107. The maximum Gasteiger partial charge on any atom is 0.184 e. The largest absolute Gasteiger partial charge is 0.493 e. The van der Waals surface area contributed by atoms with Crippen LogP contribution in [0, 0.1) is 0 Å². The van der Waals surface area contributed by atoms with Crippen molar-refractivity contribution in [2.24, 2.45) is 0 Å². The number of halogens is 2. The molecule has 0 aromatic heterocycles. The molecule has 0 radical (unpaired) electrons. The van der Waals surface area contributed by atoms with Crippen molar-refractivity contribution in [3.8, 4) is 11.1 Å². The highest BCUT2D eigenvalue weighted by Gasteiger charge is 2.10. The van der Waals surface area contributed by atoms with Crippen molar-refractivity contribution in [1.82, 2.24) is 0 Å². The van der Waals surface area contributed by atoms with Gasteiger partial charge >= 0.3 is 0 Å². The molecule has 2 aromatic carbocycles. The third kappa shape index (κ3) is 3.21. The molecule has 0 aliphatic carbocycles. The van der Waals surface area contributed by atoms with Crippen LogP contribution in [0.25, 0.3) is 17.2 Å². The van der Waals surface area contributed by atoms with Crippen molar-refractivity contribution >= 4 is 35.6 Å². The normalized spacial score (nSPS) is 11.2. The highest BCUT2D eigenvalue weighted by molar-refractivity contribution is 6.36. The van der Waals surface area contributed by atoms with Crippen LogP contribution in [0.5, 0.6) is 0 Å². The van der Waals surface area contributed by atoms with Gasteiger partial charge in [0.1, 0.15) is 0 Å². The number of carbonyl (C=O) groups is 1. The predicted molar refractivity (Wildman–Crippen MR) is 82.9 cm³/mol. The van der Waals surface area contributed by atoms with Gasteiger partial charge < -0.3 is 4.74 Å². The first kappa shape index (κ1) is 14.6. The molecule has 102 valence electrons. The van der Waals surface area contributed by atoms with Crippen LogP contribution >= 0.6 is 23.2 Å². The van der Waals surface area contributed by atoms with Gasteiger partial charge in [-0.3, -0.25) is 4.79 Å². The molecular weight excluding hydrogens is 295 g/mol. The Morgan fingerprint density at radius 2 is 1.85 bits per heavy atom. The molecule has 0 N–H and O–H groups in total. The minimum Gasteiger partial charge on any atom is -0.493 e. The summed E-state index contributed by atoms with van der Waals surface area (Å²) in [5.74, 6) is 0.200. The van der Waals surface area contributed by atoms with Gasteiger partial charge in [0.05, 0.1) is 12.1 Å². The number of methoxy groups -OCH3 is 1. The molecule has 20 heavy (non-hydrogen) atoms. The third-order valence-electron chi connectivity index (χ3n) is 2.82. The lowest BCUT2D eigenvalue weighted by Gasteiger charge is -2.10. The molecule has 0 atom stereocenters. The minimum absolute atomic E-state index is 0.200.